The Balaban J connectivity index is 1.73. The Morgan fingerprint density at radius 2 is 2.04 bits per heavy atom. The number of fused-ring (bicyclic) bond motifs is 1. The Bertz CT molecular complexity index is 722. The van der Waals surface area contributed by atoms with Crippen LogP contribution in [0.25, 0.3) is 0 Å². The predicted octanol–water partition coefficient (Wildman–Crippen LogP) is 1.27. The van der Waals surface area contributed by atoms with Crippen LogP contribution in [0, 0.1) is 0 Å². The Morgan fingerprint density at radius 1 is 1.26 bits per heavy atom. The van der Waals surface area contributed by atoms with Crippen LogP contribution in [0.15, 0.2) is 30.5 Å². The highest BCUT2D eigenvalue weighted by Gasteiger charge is 2.28. The standard InChI is InChI=1S/C15H15N3O5/c1-20-14-9(7-16-15(18-14)21-2)17-13(19)12-8-22-10-5-3-4-6-11(10)23-12/h3-7,12H,8H2,1-2H3,(H,17,19). The maximum atomic E-state index is 12.3. The molecule has 0 spiro atoms. The molecule has 23 heavy (non-hydrogen) atoms. The summed E-state index contributed by atoms with van der Waals surface area (Å²) in [6.07, 6.45) is 0.622. The lowest BCUT2D eigenvalue weighted by molar-refractivity contribution is -0.125. The van der Waals surface area contributed by atoms with Crippen molar-refractivity contribution in [2.24, 2.45) is 0 Å². The molecule has 1 unspecified atom stereocenters. The van der Waals surface area contributed by atoms with Crippen molar-refractivity contribution in [2.75, 3.05) is 26.1 Å². The number of methoxy groups -OCH3 is 2. The van der Waals surface area contributed by atoms with Crippen LogP contribution in [-0.2, 0) is 4.79 Å². The van der Waals surface area contributed by atoms with Crippen LogP contribution in [-0.4, -0.2) is 42.8 Å². The van der Waals surface area contributed by atoms with Gasteiger partial charge in [-0.1, -0.05) is 12.1 Å². The summed E-state index contributed by atoms with van der Waals surface area (Å²) < 4.78 is 21.2. The molecular formula is C15H15N3O5. The van der Waals surface area contributed by atoms with E-state index in [0.717, 1.165) is 0 Å². The number of rotatable bonds is 4. The molecule has 1 atom stereocenters. The quantitative estimate of drug-likeness (QED) is 0.908. The second kappa shape index (κ2) is 6.39. The maximum Gasteiger partial charge on any atom is 0.319 e. The first kappa shape index (κ1) is 14.9. The van der Waals surface area contributed by atoms with Gasteiger partial charge in [0.05, 0.1) is 20.4 Å². The summed E-state index contributed by atoms with van der Waals surface area (Å²) >= 11 is 0. The van der Waals surface area contributed by atoms with Gasteiger partial charge < -0.3 is 24.3 Å². The first-order chi connectivity index (χ1) is 11.2. The number of nitrogens with one attached hydrogen (secondary N) is 1. The highest BCUT2D eigenvalue weighted by atomic mass is 16.6. The van der Waals surface area contributed by atoms with E-state index in [0.29, 0.717) is 17.2 Å². The molecule has 120 valence electrons. The van der Waals surface area contributed by atoms with Gasteiger partial charge in [-0.05, 0) is 12.1 Å². The molecular weight excluding hydrogens is 302 g/mol. The first-order valence-corrected chi connectivity index (χ1v) is 6.85. The average Bonchev–Trinajstić information content (AvgIpc) is 2.61. The van der Waals surface area contributed by atoms with Crippen LogP contribution in [0.3, 0.4) is 0 Å². The van der Waals surface area contributed by atoms with Gasteiger partial charge in [-0.25, -0.2) is 4.98 Å². The van der Waals surface area contributed by atoms with Crippen LogP contribution >= 0.6 is 0 Å². The van der Waals surface area contributed by atoms with Gasteiger partial charge >= 0.3 is 6.01 Å². The van der Waals surface area contributed by atoms with E-state index in [2.05, 4.69) is 15.3 Å². The number of ether oxygens (including phenoxy) is 4. The molecule has 2 heterocycles. The summed E-state index contributed by atoms with van der Waals surface area (Å²) in [6, 6.07) is 7.31. The van der Waals surface area contributed by atoms with Crippen LogP contribution in [0.4, 0.5) is 5.69 Å². The van der Waals surface area contributed by atoms with Crippen molar-refractivity contribution in [3.8, 4) is 23.4 Å². The van der Waals surface area contributed by atoms with Crippen LogP contribution in [0.2, 0.25) is 0 Å². The summed E-state index contributed by atoms with van der Waals surface area (Å²) in [7, 11) is 2.88. The van der Waals surface area contributed by atoms with E-state index in [1.165, 1.54) is 20.4 Å². The van der Waals surface area contributed by atoms with E-state index >= 15 is 0 Å². The Morgan fingerprint density at radius 3 is 2.78 bits per heavy atom. The average molecular weight is 317 g/mol. The van der Waals surface area contributed by atoms with Crippen molar-refractivity contribution < 1.29 is 23.7 Å². The van der Waals surface area contributed by atoms with Gasteiger partial charge in [0.1, 0.15) is 12.3 Å². The maximum absolute atomic E-state index is 12.3. The van der Waals surface area contributed by atoms with E-state index in [1.807, 2.05) is 12.1 Å². The summed E-state index contributed by atoms with van der Waals surface area (Å²) in [5.74, 6) is 0.952. The molecule has 0 fully saturated rings. The lowest BCUT2D eigenvalue weighted by Gasteiger charge is -2.25. The van der Waals surface area contributed by atoms with Gasteiger partial charge in [-0.15, -0.1) is 0 Å². The monoisotopic (exact) mass is 317 g/mol. The van der Waals surface area contributed by atoms with Crippen molar-refractivity contribution in [1.29, 1.82) is 0 Å². The number of anilines is 1. The minimum absolute atomic E-state index is 0.113. The lowest BCUT2D eigenvalue weighted by Crippen LogP contribution is -2.40. The van der Waals surface area contributed by atoms with Gasteiger partial charge in [0.15, 0.2) is 11.5 Å². The number of hydrogen-bond acceptors (Lipinski definition) is 7. The number of hydrogen-bond donors (Lipinski definition) is 1. The lowest BCUT2D eigenvalue weighted by atomic mass is 10.2. The number of para-hydroxylation sites is 2. The third-order valence-electron chi connectivity index (χ3n) is 3.17. The summed E-state index contributed by atoms with van der Waals surface area (Å²) in [5.41, 5.74) is 0.320. The third kappa shape index (κ3) is 3.10. The largest absolute Gasteiger partial charge is 0.485 e. The predicted molar refractivity (Wildman–Crippen MR) is 80.1 cm³/mol. The smallest absolute Gasteiger partial charge is 0.319 e. The van der Waals surface area contributed by atoms with Gasteiger partial charge in [-0.3, -0.25) is 4.79 Å². The number of benzene rings is 1. The van der Waals surface area contributed by atoms with Gasteiger partial charge in [0.25, 0.3) is 5.91 Å². The molecule has 0 bridgehead atoms. The van der Waals surface area contributed by atoms with Crippen LogP contribution in [0.1, 0.15) is 0 Å². The molecule has 0 aliphatic carbocycles. The van der Waals surface area contributed by atoms with Crippen LogP contribution in [0.5, 0.6) is 23.4 Å². The number of aromatic nitrogens is 2. The molecule has 1 N–H and O–H groups in total. The van der Waals surface area contributed by atoms with E-state index in [9.17, 15) is 4.79 Å². The summed E-state index contributed by atoms with van der Waals surface area (Å²) in [6.45, 7) is 0.113. The number of amides is 1. The molecule has 1 amide bonds. The second-order valence-electron chi connectivity index (χ2n) is 4.63. The Labute approximate surface area is 132 Å². The molecule has 2 aromatic rings. The molecule has 0 saturated heterocycles. The van der Waals surface area contributed by atoms with E-state index < -0.39 is 6.10 Å². The summed E-state index contributed by atoms with van der Waals surface area (Å²) in [5, 5.41) is 2.66. The highest BCUT2D eigenvalue weighted by molar-refractivity contribution is 5.95. The van der Waals surface area contributed by atoms with Gasteiger partial charge in [0, 0.05) is 0 Å². The van der Waals surface area contributed by atoms with E-state index in [-0.39, 0.29) is 24.4 Å². The molecule has 1 aromatic heterocycles. The third-order valence-corrected chi connectivity index (χ3v) is 3.17. The molecule has 8 nitrogen and oxygen atoms in total. The Kier molecular flexibility index (Phi) is 4.13. The summed E-state index contributed by atoms with van der Waals surface area (Å²) in [4.78, 5) is 20.3. The molecule has 1 aromatic carbocycles. The SMILES string of the molecule is COc1ncc(NC(=O)C2COc3ccccc3O2)c(OC)n1. The molecule has 3 rings (SSSR count). The fraction of sp³-hybridized carbons (Fsp3) is 0.267. The second-order valence-corrected chi connectivity index (χ2v) is 4.63. The van der Waals surface area contributed by atoms with Crippen molar-refractivity contribution in [1.82, 2.24) is 9.97 Å². The highest BCUT2D eigenvalue weighted by Crippen LogP contribution is 2.31. The number of carbonyl (C=O) groups is 1. The number of nitrogens with zero attached hydrogens (tertiary/aromatic N) is 2. The zero-order valence-corrected chi connectivity index (χ0v) is 12.6. The minimum Gasteiger partial charge on any atom is -0.485 e. The fourth-order valence-corrected chi connectivity index (χ4v) is 2.05. The van der Waals surface area contributed by atoms with Crippen molar-refractivity contribution >= 4 is 11.6 Å². The van der Waals surface area contributed by atoms with Gasteiger partial charge in [0.2, 0.25) is 12.0 Å². The fourth-order valence-electron chi connectivity index (χ4n) is 2.05. The number of carbonyl (C=O) groups excluding carboxylic acids is 1. The van der Waals surface area contributed by atoms with Gasteiger partial charge in [-0.2, -0.15) is 4.98 Å². The van der Waals surface area contributed by atoms with Crippen molar-refractivity contribution in [3.63, 3.8) is 0 Å². The van der Waals surface area contributed by atoms with Crippen molar-refractivity contribution in [2.45, 2.75) is 6.10 Å². The van der Waals surface area contributed by atoms with E-state index in [4.69, 9.17) is 18.9 Å². The molecule has 0 saturated carbocycles. The first-order valence-electron chi connectivity index (χ1n) is 6.85. The minimum atomic E-state index is -0.781. The molecule has 1 aliphatic rings. The Hall–Kier alpha value is -3.03. The van der Waals surface area contributed by atoms with Crippen molar-refractivity contribution in [3.05, 3.63) is 30.5 Å². The van der Waals surface area contributed by atoms with Crippen LogP contribution < -0.4 is 24.3 Å². The molecule has 0 radical (unpaired) electrons. The molecule has 8 heteroatoms. The zero-order valence-electron chi connectivity index (χ0n) is 12.6. The topological polar surface area (TPSA) is 91.8 Å². The zero-order chi connectivity index (χ0) is 16.2. The molecule has 1 aliphatic heterocycles. The normalized spacial score (nSPS) is 15.7. The van der Waals surface area contributed by atoms with E-state index in [1.54, 1.807) is 12.1 Å².